The summed E-state index contributed by atoms with van der Waals surface area (Å²) in [7, 11) is 0. The van der Waals surface area contributed by atoms with Gasteiger partial charge in [-0.15, -0.1) is 13.2 Å². The van der Waals surface area contributed by atoms with Crippen LogP contribution in [0.4, 0.5) is 0 Å². The van der Waals surface area contributed by atoms with Crippen LogP contribution in [0.25, 0.3) is 0 Å². The standard InChI is InChI=1S/C9H14/c1-3-8-5-6-9(4-2)7-8/h3-4,8-9H,1-2,5-7H2/t8-,9-/m0/s1. The van der Waals surface area contributed by atoms with Gasteiger partial charge in [0.15, 0.2) is 0 Å². The molecular weight excluding hydrogens is 108 g/mol. The van der Waals surface area contributed by atoms with E-state index in [0.717, 1.165) is 11.8 Å². The highest BCUT2D eigenvalue weighted by molar-refractivity contribution is 4.92. The molecule has 1 fully saturated rings. The predicted molar refractivity (Wildman–Crippen MR) is 41.2 cm³/mol. The van der Waals surface area contributed by atoms with Gasteiger partial charge in [0.2, 0.25) is 0 Å². The number of rotatable bonds is 2. The zero-order valence-electron chi connectivity index (χ0n) is 5.84. The molecular formula is C9H14. The van der Waals surface area contributed by atoms with Gasteiger partial charge in [-0.25, -0.2) is 0 Å². The van der Waals surface area contributed by atoms with E-state index in [0.29, 0.717) is 0 Å². The SMILES string of the molecule is C=C[C@H]1CC[C@H](C=C)C1. The largest absolute Gasteiger partial charge is 0.103 e. The van der Waals surface area contributed by atoms with Gasteiger partial charge < -0.3 is 0 Å². The molecule has 50 valence electrons. The highest BCUT2D eigenvalue weighted by Gasteiger charge is 2.18. The Morgan fingerprint density at radius 1 is 1.00 bits per heavy atom. The minimum Gasteiger partial charge on any atom is -0.103 e. The highest BCUT2D eigenvalue weighted by atomic mass is 14.2. The quantitative estimate of drug-likeness (QED) is 0.494. The van der Waals surface area contributed by atoms with Gasteiger partial charge in [-0.1, -0.05) is 12.2 Å². The topological polar surface area (TPSA) is 0 Å². The van der Waals surface area contributed by atoms with Crippen LogP contribution in [-0.2, 0) is 0 Å². The van der Waals surface area contributed by atoms with Gasteiger partial charge in [-0.2, -0.15) is 0 Å². The number of allylic oxidation sites excluding steroid dienone is 2. The van der Waals surface area contributed by atoms with Gasteiger partial charge in [0, 0.05) is 0 Å². The molecule has 2 atom stereocenters. The minimum absolute atomic E-state index is 0.771. The molecule has 9 heavy (non-hydrogen) atoms. The first-order chi connectivity index (χ1) is 4.36. The zero-order valence-corrected chi connectivity index (χ0v) is 5.84. The Morgan fingerprint density at radius 3 is 1.67 bits per heavy atom. The second-order valence-electron chi connectivity index (χ2n) is 2.80. The third kappa shape index (κ3) is 1.44. The highest BCUT2D eigenvalue weighted by Crippen LogP contribution is 2.31. The normalized spacial score (nSPS) is 34.2. The van der Waals surface area contributed by atoms with Crippen molar-refractivity contribution in [2.75, 3.05) is 0 Å². The second kappa shape index (κ2) is 2.86. The molecule has 0 nitrogen and oxygen atoms in total. The van der Waals surface area contributed by atoms with Gasteiger partial charge in [-0.3, -0.25) is 0 Å². The van der Waals surface area contributed by atoms with Crippen molar-refractivity contribution in [1.29, 1.82) is 0 Å². The Kier molecular flexibility index (Phi) is 2.10. The van der Waals surface area contributed by atoms with Crippen LogP contribution in [0.5, 0.6) is 0 Å². The summed E-state index contributed by atoms with van der Waals surface area (Å²) in [5.74, 6) is 1.54. The van der Waals surface area contributed by atoms with E-state index in [-0.39, 0.29) is 0 Å². The van der Waals surface area contributed by atoms with Gasteiger partial charge in [-0.05, 0) is 31.1 Å². The molecule has 0 unspecified atom stereocenters. The van der Waals surface area contributed by atoms with Crippen LogP contribution in [0.3, 0.4) is 0 Å². The van der Waals surface area contributed by atoms with E-state index in [1.165, 1.54) is 19.3 Å². The minimum atomic E-state index is 0.771. The number of hydrogen-bond donors (Lipinski definition) is 0. The van der Waals surface area contributed by atoms with E-state index in [1.54, 1.807) is 0 Å². The molecule has 0 heterocycles. The average molecular weight is 122 g/mol. The molecule has 0 radical (unpaired) electrons. The molecule has 0 spiro atoms. The fraction of sp³-hybridized carbons (Fsp3) is 0.556. The molecule has 1 saturated carbocycles. The van der Waals surface area contributed by atoms with Gasteiger partial charge in [0.05, 0.1) is 0 Å². The molecule has 0 heteroatoms. The van der Waals surface area contributed by atoms with Crippen LogP contribution in [-0.4, -0.2) is 0 Å². The van der Waals surface area contributed by atoms with Crippen molar-refractivity contribution in [3.05, 3.63) is 25.3 Å². The Bertz CT molecular complexity index is 99.2. The monoisotopic (exact) mass is 122 g/mol. The Hall–Kier alpha value is -0.520. The van der Waals surface area contributed by atoms with Crippen LogP contribution >= 0.6 is 0 Å². The zero-order chi connectivity index (χ0) is 6.69. The number of hydrogen-bond acceptors (Lipinski definition) is 0. The molecule has 0 bridgehead atoms. The van der Waals surface area contributed by atoms with Crippen LogP contribution in [0.2, 0.25) is 0 Å². The second-order valence-corrected chi connectivity index (χ2v) is 2.80. The molecule has 0 aromatic heterocycles. The van der Waals surface area contributed by atoms with E-state index in [2.05, 4.69) is 25.3 Å². The molecule has 1 rings (SSSR count). The third-order valence-electron chi connectivity index (χ3n) is 2.18. The van der Waals surface area contributed by atoms with E-state index >= 15 is 0 Å². The molecule has 0 aromatic rings. The summed E-state index contributed by atoms with van der Waals surface area (Å²) in [6.45, 7) is 7.55. The van der Waals surface area contributed by atoms with Crippen LogP contribution in [0.1, 0.15) is 19.3 Å². The van der Waals surface area contributed by atoms with Crippen LogP contribution in [0.15, 0.2) is 25.3 Å². The molecule has 0 aliphatic heterocycles. The van der Waals surface area contributed by atoms with E-state index in [1.807, 2.05) is 0 Å². The molecule has 0 amide bonds. The first kappa shape index (κ1) is 6.60. The first-order valence-corrected chi connectivity index (χ1v) is 3.62. The van der Waals surface area contributed by atoms with Gasteiger partial charge in [0.25, 0.3) is 0 Å². The fourth-order valence-electron chi connectivity index (χ4n) is 1.48. The van der Waals surface area contributed by atoms with Crippen molar-refractivity contribution >= 4 is 0 Å². The van der Waals surface area contributed by atoms with Crippen molar-refractivity contribution in [3.8, 4) is 0 Å². The fourth-order valence-corrected chi connectivity index (χ4v) is 1.48. The molecule has 1 aliphatic rings. The van der Waals surface area contributed by atoms with Crippen molar-refractivity contribution in [1.82, 2.24) is 0 Å². The summed E-state index contributed by atoms with van der Waals surface area (Å²) in [6, 6.07) is 0. The van der Waals surface area contributed by atoms with E-state index in [9.17, 15) is 0 Å². The lowest BCUT2D eigenvalue weighted by molar-refractivity contribution is 0.641. The Morgan fingerprint density at radius 2 is 1.44 bits per heavy atom. The lowest BCUT2D eigenvalue weighted by Gasteiger charge is -1.99. The van der Waals surface area contributed by atoms with Gasteiger partial charge >= 0.3 is 0 Å². The Labute approximate surface area is 57.3 Å². The van der Waals surface area contributed by atoms with Crippen molar-refractivity contribution < 1.29 is 0 Å². The lowest BCUT2D eigenvalue weighted by Crippen LogP contribution is -1.88. The van der Waals surface area contributed by atoms with E-state index in [4.69, 9.17) is 0 Å². The summed E-state index contributed by atoms with van der Waals surface area (Å²) in [6.07, 6.45) is 8.07. The summed E-state index contributed by atoms with van der Waals surface area (Å²) in [5.41, 5.74) is 0. The van der Waals surface area contributed by atoms with Crippen LogP contribution in [0, 0.1) is 11.8 Å². The summed E-state index contributed by atoms with van der Waals surface area (Å²) < 4.78 is 0. The maximum atomic E-state index is 3.78. The first-order valence-electron chi connectivity index (χ1n) is 3.62. The predicted octanol–water partition coefficient (Wildman–Crippen LogP) is 2.77. The Balaban J connectivity index is 2.36. The third-order valence-corrected chi connectivity index (χ3v) is 2.18. The molecule has 0 saturated heterocycles. The lowest BCUT2D eigenvalue weighted by atomic mass is 10.1. The van der Waals surface area contributed by atoms with Crippen LogP contribution < -0.4 is 0 Å². The maximum absolute atomic E-state index is 3.78. The van der Waals surface area contributed by atoms with E-state index < -0.39 is 0 Å². The molecule has 1 aliphatic carbocycles. The van der Waals surface area contributed by atoms with Crippen molar-refractivity contribution in [2.45, 2.75) is 19.3 Å². The van der Waals surface area contributed by atoms with Crippen molar-refractivity contribution in [2.24, 2.45) is 11.8 Å². The smallest absolute Gasteiger partial charge is 0.0230 e. The summed E-state index contributed by atoms with van der Waals surface area (Å²) >= 11 is 0. The van der Waals surface area contributed by atoms with Crippen molar-refractivity contribution in [3.63, 3.8) is 0 Å². The average Bonchev–Trinajstić information content (AvgIpc) is 2.34. The summed E-state index contributed by atoms with van der Waals surface area (Å²) in [5, 5.41) is 0. The maximum Gasteiger partial charge on any atom is -0.0230 e. The molecule has 0 aromatic carbocycles. The summed E-state index contributed by atoms with van der Waals surface area (Å²) in [4.78, 5) is 0. The van der Waals surface area contributed by atoms with Gasteiger partial charge in [0.1, 0.15) is 0 Å². The molecule has 0 N–H and O–H groups in total.